The molecule has 0 saturated heterocycles. The molecule has 1 aromatic carbocycles. The molecular weight excluding hydrogens is 244 g/mol. The summed E-state index contributed by atoms with van der Waals surface area (Å²) in [4.78, 5) is 0. The van der Waals surface area contributed by atoms with Gasteiger partial charge in [0.25, 0.3) is 0 Å². The third kappa shape index (κ3) is 1.81. The molecule has 0 unspecified atom stereocenters. The van der Waals surface area contributed by atoms with Crippen LogP contribution < -0.4 is 5.73 Å². The number of aromatic hydroxyl groups is 1. The number of hydrogen-bond acceptors (Lipinski definition) is 2. The second kappa shape index (κ2) is 3.59. The van der Waals surface area contributed by atoms with Crippen molar-refractivity contribution in [2.24, 2.45) is 5.73 Å². The summed E-state index contributed by atoms with van der Waals surface area (Å²) >= 11 is 2.82. The van der Waals surface area contributed by atoms with E-state index in [1.807, 2.05) is 0 Å². The Hall–Kier alpha value is -0.680. The molecule has 0 amide bonds. The Morgan fingerprint density at radius 3 is 2.46 bits per heavy atom. The predicted molar refractivity (Wildman–Crippen MR) is 48.3 cm³/mol. The minimum absolute atomic E-state index is 0.0462. The van der Waals surface area contributed by atoms with Crippen molar-refractivity contribution in [3.8, 4) is 5.75 Å². The van der Waals surface area contributed by atoms with Gasteiger partial charge in [0.2, 0.25) is 5.82 Å². The van der Waals surface area contributed by atoms with Gasteiger partial charge in [-0.05, 0) is 28.9 Å². The molecule has 0 saturated carbocycles. The molecular formula is C8H8BrF2NO. The Bertz CT molecular complexity index is 341. The van der Waals surface area contributed by atoms with Gasteiger partial charge in [-0.2, -0.15) is 4.39 Å². The van der Waals surface area contributed by atoms with Gasteiger partial charge in [-0.15, -0.1) is 0 Å². The third-order valence-corrected chi connectivity index (χ3v) is 2.23. The molecule has 1 atom stereocenters. The van der Waals surface area contributed by atoms with Gasteiger partial charge in [-0.1, -0.05) is 0 Å². The van der Waals surface area contributed by atoms with E-state index in [0.29, 0.717) is 0 Å². The Balaban J connectivity index is 3.41. The van der Waals surface area contributed by atoms with Crippen molar-refractivity contribution in [1.82, 2.24) is 0 Å². The van der Waals surface area contributed by atoms with Crippen molar-refractivity contribution < 1.29 is 13.9 Å². The van der Waals surface area contributed by atoms with Crippen molar-refractivity contribution in [2.45, 2.75) is 13.0 Å². The first-order valence-corrected chi connectivity index (χ1v) is 4.36. The Kier molecular flexibility index (Phi) is 2.87. The minimum Gasteiger partial charge on any atom is -0.505 e. The zero-order chi connectivity index (χ0) is 10.2. The van der Waals surface area contributed by atoms with Gasteiger partial charge in [0.05, 0.1) is 4.47 Å². The van der Waals surface area contributed by atoms with Crippen molar-refractivity contribution in [1.29, 1.82) is 0 Å². The Labute approximate surface area is 82.5 Å². The highest BCUT2D eigenvalue weighted by Crippen LogP contribution is 2.32. The molecule has 72 valence electrons. The van der Waals surface area contributed by atoms with E-state index in [4.69, 9.17) is 10.8 Å². The van der Waals surface area contributed by atoms with Gasteiger partial charge in [-0.25, -0.2) is 4.39 Å². The average Bonchev–Trinajstić information content (AvgIpc) is 2.07. The highest BCUT2D eigenvalue weighted by atomic mass is 79.9. The molecule has 0 aliphatic carbocycles. The minimum atomic E-state index is -1.28. The molecule has 0 bridgehead atoms. The van der Waals surface area contributed by atoms with Crippen molar-refractivity contribution in [3.05, 3.63) is 27.7 Å². The summed E-state index contributed by atoms with van der Waals surface area (Å²) in [5.74, 6) is -3.11. The van der Waals surface area contributed by atoms with E-state index in [9.17, 15) is 8.78 Å². The van der Waals surface area contributed by atoms with Gasteiger partial charge in [0.1, 0.15) is 0 Å². The van der Waals surface area contributed by atoms with Crippen LogP contribution in [0.15, 0.2) is 10.5 Å². The van der Waals surface area contributed by atoms with Gasteiger partial charge in [-0.3, -0.25) is 0 Å². The molecule has 0 aromatic heterocycles. The molecule has 0 radical (unpaired) electrons. The molecule has 0 fully saturated rings. The van der Waals surface area contributed by atoms with Crippen LogP contribution in [0, 0.1) is 11.6 Å². The topological polar surface area (TPSA) is 46.2 Å². The first-order chi connectivity index (χ1) is 5.95. The second-order valence-electron chi connectivity index (χ2n) is 2.71. The summed E-state index contributed by atoms with van der Waals surface area (Å²) in [5, 5.41) is 9.16. The third-order valence-electron chi connectivity index (χ3n) is 1.66. The molecule has 2 nitrogen and oxygen atoms in total. The van der Waals surface area contributed by atoms with Crippen molar-refractivity contribution >= 4 is 15.9 Å². The van der Waals surface area contributed by atoms with Crippen LogP contribution in [0.25, 0.3) is 0 Å². The summed E-state index contributed by atoms with van der Waals surface area (Å²) in [7, 11) is 0. The van der Waals surface area contributed by atoms with E-state index in [1.54, 1.807) is 6.92 Å². The number of hydrogen-bond donors (Lipinski definition) is 2. The lowest BCUT2D eigenvalue weighted by Crippen LogP contribution is -2.07. The Morgan fingerprint density at radius 2 is 2.00 bits per heavy atom. The number of halogens is 3. The quantitative estimate of drug-likeness (QED) is 0.754. The van der Waals surface area contributed by atoms with Crippen LogP contribution in [0.4, 0.5) is 8.78 Å². The van der Waals surface area contributed by atoms with Crippen LogP contribution in [0.3, 0.4) is 0 Å². The first-order valence-electron chi connectivity index (χ1n) is 3.57. The van der Waals surface area contributed by atoms with Crippen LogP contribution in [-0.2, 0) is 0 Å². The first kappa shape index (κ1) is 10.4. The molecule has 1 rings (SSSR count). The number of nitrogens with two attached hydrogens (primary N) is 1. The molecule has 13 heavy (non-hydrogen) atoms. The number of phenolic OH excluding ortho intramolecular Hbond substituents is 1. The summed E-state index contributed by atoms with van der Waals surface area (Å²) in [6, 6.07) is 0.713. The maximum Gasteiger partial charge on any atom is 0.201 e. The van der Waals surface area contributed by atoms with Crippen molar-refractivity contribution in [2.75, 3.05) is 0 Å². The summed E-state index contributed by atoms with van der Waals surface area (Å²) in [6.45, 7) is 1.57. The van der Waals surface area contributed by atoms with E-state index in [0.717, 1.165) is 0 Å². The smallest absolute Gasteiger partial charge is 0.201 e. The maximum atomic E-state index is 12.9. The molecule has 5 heteroatoms. The molecule has 0 spiro atoms. The van der Waals surface area contributed by atoms with Crippen LogP contribution in [0.1, 0.15) is 18.5 Å². The summed E-state index contributed by atoms with van der Waals surface area (Å²) in [5.41, 5.74) is 5.60. The average molecular weight is 252 g/mol. The lowest BCUT2D eigenvalue weighted by molar-refractivity contribution is 0.397. The lowest BCUT2D eigenvalue weighted by Gasteiger charge is -2.10. The second-order valence-corrected chi connectivity index (χ2v) is 3.57. The molecule has 0 heterocycles. The van der Waals surface area contributed by atoms with Crippen LogP contribution >= 0.6 is 15.9 Å². The summed E-state index contributed by atoms with van der Waals surface area (Å²) < 4.78 is 25.7. The van der Waals surface area contributed by atoms with Gasteiger partial charge in [0, 0.05) is 11.6 Å². The van der Waals surface area contributed by atoms with E-state index >= 15 is 0 Å². The van der Waals surface area contributed by atoms with Crippen LogP contribution in [0.2, 0.25) is 0 Å². The number of phenols is 1. The zero-order valence-corrected chi connectivity index (χ0v) is 8.40. The molecule has 0 aliphatic heterocycles. The summed E-state index contributed by atoms with van der Waals surface area (Å²) in [6.07, 6.45) is 0. The highest BCUT2D eigenvalue weighted by molar-refractivity contribution is 9.10. The number of benzene rings is 1. The van der Waals surface area contributed by atoms with E-state index in [2.05, 4.69) is 15.9 Å². The van der Waals surface area contributed by atoms with Crippen LogP contribution in [0.5, 0.6) is 5.75 Å². The monoisotopic (exact) mass is 251 g/mol. The largest absolute Gasteiger partial charge is 0.505 e. The Morgan fingerprint density at radius 1 is 1.46 bits per heavy atom. The normalized spacial score (nSPS) is 13.0. The zero-order valence-electron chi connectivity index (χ0n) is 6.81. The molecule has 3 N–H and O–H groups in total. The van der Waals surface area contributed by atoms with Crippen LogP contribution in [-0.4, -0.2) is 5.11 Å². The standard InChI is InChI=1S/C8H8BrF2NO/c1-3(12)4-2-5(9)6(10)7(11)8(4)13/h2-3,13H,12H2,1H3/t3-/m1/s1. The predicted octanol–water partition coefficient (Wildman–Crippen LogP) is 2.45. The van der Waals surface area contributed by atoms with Gasteiger partial charge >= 0.3 is 0 Å². The molecule has 1 aromatic rings. The maximum absolute atomic E-state index is 12.9. The fraction of sp³-hybridized carbons (Fsp3) is 0.250. The fourth-order valence-electron chi connectivity index (χ4n) is 0.951. The van der Waals surface area contributed by atoms with Gasteiger partial charge < -0.3 is 10.8 Å². The van der Waals surface area contributed by atoms with E-state index in [1.165, 1.54) is 6.07 Å². The SMILES string of the molecule is C[C@@H](N)c1cc(Br)c(F)c(F)c1O. The lowest BCUT2D eigenvalue weighted by atomic mass is 10.1. The molecule has 0 aliphatic rings. The van der Waals surface area contributed by atoms with Crippen molar-refractivity contribution in [3.63, 3.8) is 0 Å². The van der Waals surface area contributed by atoms with E-state index in [-0.39, 0.29) is 10.0 Å². The highest BCUT2D eigenvalue weighted by Gasteiger charge is 2.18. The van der Waals surface area contributed by atoms with E-state index < -0.39 is 23.4 Å². The number of rotatable bonds is 1. The fourth-order valence-corrected chi connectivity index (χ4v) is 1.37. The van der Waals surface area contributed by atoms with Gasteiger partial charge in [0.15, 0.2) is 11.6 Å².